The summed E-state index contributed by atoms with van der Waals surface area (Å²) in [6.45, 7) is 1.78. The van der Waals surface area contributed by atoms with E-state index in [1.165, 1.54) is 16.2 Å². The van der Waals surface area contributed by atoms with Gasteiger partial charge in [0.1, 0.15) is 10.4 Å². The van der Waals surface area contributed by atoms with Crippen LogP contribution in [0.5, 0.6) is 0 Å². The fourth-order valence-corrected chi connectivity index (χ4v) is 4.34. The predicted octanol–water partition coefficient (Wildman–Crippen LogP) is 4.34. The largest absolute Gasteiger partial charge is 0.445 e. The van der Waals surface area contributed by atoms with Gasteiger partial charge < -0.3 is 15.0 Å². The van der Waals surface area contributed by atoms with Gasteiger partial charge in [-0.05, 0) is 32.0 Å². The first-order valence-corrected chi connectivity index (χ1v) is 9.67. The topological polar surface area (TPSA) is 61.9 Å². The monoisotopic (exact) mass is 391 g/mol. The van der Waals surface area contributed by atoms with Gasteiger partial charge in [0, 0.05) is 18.5 Å². The molecular weight excluding hydrogens is 374 g/mol. The number of carbonyl (C=O) groups is 2. The van der Waals surface area contributed by atoms with Gasteiger partial charge >= 0.3 is 6.09 Å². The van der Waals surface area contributed by atoms with Crippen LogP contribution in [-0.2, 0) is 4.74 Å². The molecule has 2 aromatic rings. The van der Waals surface area contributed by atoms with Gasteiger partial charge in [-0.3, -0.25) is 4.79 Å². The Morgan fingerprint density at radius 1 is 1.31 bits per heavy atom. The van der Waals surface area contributed by atoms with Gasteiger partial charge in [0.15, 0.2) is 0 Å². The maximum absolute atomic E-state index is 13.1. The lowest BCUT2D eigenvalue weighted by Crippen LogP contribution is -2.38. The molecule has 8 heteroatoms. The number of ether oxygens (including phenoxy) is 1. The zero-order valence-corrected chi connectivity index (χ0v) is 15.8. The molecular formula is C18H18ClN3O3S. The van der Waals surface area contributed by atoms with Crippen molar-refractivity contribution >= 4 is 52.0 Å². The summed E-state index contributed by atoms with van der Waals surface area (Å²) in [4.78, 5) is 29.2. The van der Waals surface area contributed by atoms with Crippen molar-refractivity contribution in [3.8, 4) is 0 Å². The molecule has 0 spiro atoms. The first-order valence-electron chi connectivity index (χ1n) is 8.41. The lowest BCUT2D eigenvalue weighted by molar-refractivity contribution is 0.0632. The van der Waals surface area contributed by atoms with Gasteiger partial charge in [0.05, 0.1) is 22.6 Å². The molecule has 0 unspecified atom stereocenters. The summed E-state index contributed by atoms with van der Waals surface area (Å²) < 4.78 is 6.16. The number of fused-ring (bicyclic) bond motifs is 2. The van der Waals surface area contributed by atoms with E-state index in [9.17, 15) is 9.59 Å². The molecule has 0 saturated carbocycles. The van der Waals surface area contributed by atoms with Gasteiger partial charge in [-0.25, -0.2) is 9.69 Å². The number of nitrogens with one attached hydrogen (secondary N) is 1. The highest BCUT2D eigenvalue weighted by atomic mass is 35.5. The molecule has 6 nitrogen and oxygen atoms in total. The van der Waals surface area contributed by atoms with E-state index in [0.29, 0.717) is 27.0 Å². The minimum absolute atomic E-state index is 0.140. The van der Waals surface area contributed by atoms with Gasteiger partial charge in [-0.15, -0.1) is 11.3 Å². The minimum atomic E-state index is -0.509. The Bertz CT molecular complexity index is 861. The quantitative estimate of drug-likeness (QED) is 0.785. The Balaban J connectivity index is 1.72. The number of rotatable bonds is 1. The molecule has 1 fully saturated rings. The Labute approximate surface area is 160 Å². The van der Waals surface area contributed by atoms with E-state index < -0.39 is 6.09 Å². The molecule has 2 aliphatic rings. The highest BCUT2D eigenvalue weighted by molar-refractivity contribution is 7.15. The van der Waals surface area contributed by atoms with Crippen molar-refractivity contribution in [1.82, 2.24) is 4.90 Å². The number of benzene rings is 1. The molecule has 3 heterocycles. The van der Waals surface area contributed by atoms with Gasteiger partial charge in [0.2, 0.25) is 0 Å². The number of hydrogen-bond acceptors (Lipinski definition) is 5. The summed E-state index contributed by atoms with van der Waals surface area (Å²) in [5, 5.41) is 4.50. The molecule has 1 saturated heterocycles. The van der Waals surface area contributed by atoms with Crippen molar-refractivity contribution in [3.63, 3.8) is 0 Å². The van der Waals surface area contributed by atoms with Crippen LogP contribution in [0.2, 0.25) is 4.34 Å². The molecule has 0 bridgehead atoms. The first-order chi connectivity index (χ1) is 12.5. The van der Waals surface area contributed by atoms with Crippen molar-refractivity contribution in [1.29, 1.82) is 0 Å². The average molecular weight is 392 g/mol. The fourth-order valence-electron chi connectivity index (χ4n) is 3.27. The Kier molecular flexibility index (Phi) is 4.60. The summed E-state index contributed by atoms with van der Waals surface area (Å²) in [5.41, 5.74) is 1.86. The SMILES string of the molecule is CN1CCC(OC(=O)N2c3ccccc3NC(=O)c3csc(Cl)c32)CC1. The van der Waals surface area contributed by atoms with Crippen LogP contribution in [0, 0.1) is 0 Å². The molecule has 136 valence electrons. The molecule has 0 radical (unpaired) electrons. The Morgan fingerprint density at radius 3 is 2.81 bits per heavy atom. The smallest absolute Gasteiger partial charge is 0.419 e. The number of nitrogens with zero attached hydrogens (tertiary/aromatic N) is 2. The zero-order valence-electron chi connectivity index (χ0n) is 14.2. The molecule has 1 aromatic carbocycles. The third kappa shape index (κ3) is 3.06. The summed E-state index contributed by atoms with van der Waals surface area (Å²) in [7, 11) is 2.05. The number of halogens is 1. The van der Waals surface area contributed by atoms with E-state index in [2.05, 4.69) is 17.3 Å². The number of thiophene rings is 1. The number of piperidine rings is 1. The first kappa shape index (κ1) is 17.3. The molecule has 4 rings (SSSR count). The fraction of sp³-hybridized carbons (Fsp3) is 0.333. The number of amides is 2. The lowest BCUT2D eigenvalue weighted by atomic mass is 10.1. The average Bonchev–Trinajstić information content (AvgIpc) is 2.94. The van der Waals surface area contributed by atoms with Crippen LogP contribution in [0.25, 0.3) is 0 Å². The van der Waals surface area contributed by atoms with Crippen molar-refractivity contribution < 1.29 is 14.3 Å². The van der Waals surface area contributed by atoms with Crippen LogP contribution in [0.3, 0.4) is 0 Å². The van der Waals surface area contributed by atoms with E-state index in [-0.39, 0.29) is 12.0 Å². The molecule has 26 heavy (non-hydrogen) atoms. The van der Waals surface area contributed by atoms with Crippen LogP contribution in [0.1, 0.15) is 23.2 Å². The second kappa shape index (κ2) is 6.90. The van der Waals surface area contributed by atoms with Gasteiger partial charge in [0.25, 0.3) is 5.91 Å². The number of hydrogen-bond donors (Lipinski definition) is 1. The summed E-state index contributed by atoms with van der Waals surface area (Å²) in [5.74, 6) is -0.287. The molecule has 0 aliphatic carbocycles. The van der Waals surface area contributed by atoms with Crippen LogP contribution in [0.15, 0.2) is 29.6 Å². The lowest BCUT2D eigenvalue weighted by Gasteiger charge is -2.31. The summed E-state index contributed by atoms with van der Waals surface area (Å²) >= 11 is 7.57. The van der Waals surface area contributed by atoms with Crippen LogP contribution in [0.4, 0.5) is 21.9 Å². The van der Waals surface area contributed by atoms with E-state index in [1.807, 2.05) is 6.07 Å². The molecule has 0 atom stereocenters. The highest BCUT2D eigenvalue weighted by Gasteiger charge is 2.34. The van der Waals surface area contributed by atoms with Crippen molar-refractivity contribution in [2.75, 3.05) is 30.4 Å². The van der Waals surface area contributed by atoms with Crippen molar-refractivity contribution in [2.45, 2.75) is 18.9 Å². The van der Waals surface area contributed by atoms with Crippen molar-refractivity contribution in [2.24, 2.45) is 0 Å². The molecule has 2 aliphatic heterocycles. The molecule has 2 amide bonds. The maximum atomic E-state index is 13.1. The van der Waals surface area contributed by atoms with E-state index >= 15 is 0 Å². The third-order valence-corrected chi connectivity index (χ3v) is 5.90. The predicted molar refractivity (Wildman–Crippen MR) is 103 cm³/mol. The van der Waals surface area contributed by atoms with Gasteiger partial charge in [-0.2, -0.15) is 0 Å². The van der Waals surface area contributed by atoms with Crippen LogP contribution in [-0.4, -0.2) is 43.1 Å². The van der Waals surface area contributed by atoms with Crippen LogP contribution >= 0.6 is 22.9 Å². The minimum Gasteiger partial charge on any atom is -0.445 e. The standard InChI is InChI=1S/C18H18ClN3O3S/c1-21-8-6-11(7-9-21)25-18(24)22-14-5-3-2-4-13(14)20-17(23)12-10-26-16(19)15(12)22/h2-5,10-11H,6-9H2,1H3,(H,20,23). The van der Waals surface area contributed by atoms with Gasteiger partial charge in [-0.1, -0.05) is 23.7 Å². The zero-order chi connectivity index (χ0) is 18.3. The Morgan fingerprint density at radius 2 is 2.04 bits per heavy atom. The molecule has 1 aromatic heterocycles. The highest BCUT2D eigenvalue weighted by Crippen LogP contribution is 2.45. The normalized spacial score (nSPS) is 17.9. The van der Waals surface area contributed by atoms with Crippen LogP contribution < -0.4 is 10.2 Å². The number of likely N-dealkylation sites (tertiary alicyclic amines) is 1. The number of anilines is 3. The van der Waals surface area contributed by atoms with E-state index in [4.69, 9.17) is 16.3 Å². The number of para-hydroxylation sites is 2. The van der Waals surface area contributed by atoms with Crippen molar-refractivity contribution in [3.05, 3.63) is 39.5 Å². The summed E-state index contributed by atoms with van der Waals surface area (Å²) in [6.07, 6.45) is 0.932. The second-order valence-electron chi connectivity index (χ2n) is 6.46. The Hall–Kier alpha value is -2.09. The molecule has 1 N–H and O–H groups in total. The number of carbonyl (C=O) groups excluding carboxylic acids is 2. The van der Waals surface area contributed by atoms with E-state index in [0.717, 1.165) is 25.9 Å². The van der Waals surface area contributed by atoms with E-state index in [1.54, 1.807) is 23.6 Å². The second-order valence-corrected chi connectivity index (χ2v) is 7.95. The maximum Gasteiger partial charge on any atom is 0.419 e. The third-order valence-electron chi connectivity index (χ3n) is 4.70. The summed E-state index contributed by atoms with van der Waals surface area (Å²) in [6, 6.07) is 7.15.